The number of halogens is 1. The number of aromatic hydroxyl groups is 1. The summed E-state index contributed by atoms with van der Waals surface area (Å²) in [6, 6.07) is 9.21. The van der Waals surface area contributed by atoms with Crippen molar-refractivity contribution < 1.29 is 22.1 Å². The van der Waals surface area contributed by atoms with Gasteiger partial charge in [0, 0.05) is 16.8 Å². The van der Waals surface area contributed by atoms with Crippen LogP contribution in [0.2, 0.25) is 0 Å². The van der Waals surface area contributed by atoms with E-state index in [2.05, 4.69) is 6.07 Å². The fourth-order valence-electron chi connectivity index (χ4n) is 1.44. The maximum atomic E-state index is 9.52. The molecule has 15 heavy (non-hydrogen) atoms. The first kappa shape index (κ1) is 11.3. The highest BCUT2D eigenvalue weighted by molar-refractivity contribution is 5.86. The number of fused-ring (bicyclic) bond motifs is 1. The van der Waals surface area contributed by atoms with Gasteiger partial charge >= 0.3 is 0 Å². The summed E-state index contributed by atoms with van der Waals surface area (Å²) in [7, 11) is 0. The molecule has 76 valence electrons. The zero-order valence-electron chi connectivity index (χ0n) is 7.89. The number of hydrogen-bond donors (Lipinski definition) is 1. The van der Waals surface area contributed by atoms with Crippen molar-refractivity contribution in [3.8, 4) is 11.8 Å². The number of nitriles is 1. The van der Waals surface area contributed by atoms with Crippen LogP contribution in [0.25, 0.3) is 10.8 Å². The lowest BCUT2D eigenvalue weighted by atomic mass is 10.1. The van der Waals surface area contributed by atoms with Crippen LogP contribution >= 0.6 is 0 Å². The first-order valence-corrected chi connectivity index (χ1v) is 4.29. The van der Waals surface area contributed by atoms with Crippen LogP contribution in [-0.4, -0.2) is 5.11 Å². The summed E-state index contributed by atoms with van der Waals surface area (Å²) in [5.74, 6) is 0.270. The van der Waals surface area contributed by atoms with Crippen LogP contribution in [0.1, 0.15) is 0 Å². The number of rotatable bonds is 1. The van der Waals surface area contributed by atoms with E-state index in [-0.39, 0.29) is 18.2 Å². The Kier molecular flexibility index (Phi) is 3.48. The van der Waals surface area contributed by atoms with Crippen LogP contribution in [0.3, 0.4) is 0 Å². The van der Waals surface area contributed by atoms with E-state index in [1.165, 1.54) is 0 Å². The van der Waals surface area contributed by atoms with Crippen LogP contribution in [0.15, 0.2) is 36.7 Å². The molecule has 1 heterocycles. The van der Waals surface area contributed by atoms with E-state index in [1.807, 2.05) is 18.3 Å². The van der Waals surface area contributed by atoms with Crippen molar-refractivity contribution in [2.24, 2.45) is 0 Å². The number of hydrogen-bond acceptors (Lipinski definition) is 2. The molecule has 0 unspecified atom stereocenters. The predicted octanol–water partition coefficient (Wildman–Crippen LogP) is -1.64. The van der Waals surface area contributed by atoms with Crippen molar-refractivity contribution in [2.45, 2.75) is 6.54 Å². The highest BCUT2D eigenvalue weighted by atomic mass is 35.5. The summed E-state index contributed by atoms with van der Waals surface area (Å²) >= 11 is 0. The molecule has 3 nitrogen and oxygen atoms in total. The third-order valence-electron chi connectivity index (χ3n) is 2.11. The van der Waals surface area contributed by atoms with Crippen molar-refractivity contribution in [1.29, 1.82) is 5.26 Å². The lowest BCUT2D eigenvalue weighted by Crippen LogP contribution is -3.00. The molecule has 1 aromatic carbocycles. The van der Waals surface area contributed by atoms with Gasteiger partial charge in [0.15, 0.2) is 12.4 Å². The minimum atomic E-state index is 0. The maximum absolute atomic E-state index is 9.52. The number of nitrogens with zero attached hydrogens (tertiary/aromatic N) is 2. The summed E-state index contributed by atoms with van der Waals surface area (Å²) in [5, 5.41) is 19.8. The smallest absolute Gasteiger partial charge is 0.233 e. The molecule has 0 aliphatic carbocycles. The SMILES string of the molecule is N#CC[n+]1ccc2c(O)cccc2c1.[Cl-]. The van der Waals surface area contributed by atoms with Crippen LogP contribution in [-0.2, 0) is 6.54 Å². The van der Waals surface area contributed by atoms with Crippen LogP contribution < -0.4 is 17.0 Å². The summed E-state index contributed by atoms with van der Waals surface area (Å²) in [6.45, 7) is 0.325. The van der Waals surface area contributed by atoms with E-state index in [0.29, 0.717) is 6.54 Å². The topological polar surface area (TPSA) is 47.9 Å². The van der Waals surface area contributed by atoms with Gasteiger partial charge < -0.3 is 17.5 Å². The molecule has 0 fully saturated rings. The molecule has 1 N–H and O–H groups in total. The minimum absolute atomic E-state index is 0. The highest BCUT2D eigenvalue weighted by Crippen LogP contribution is 2.21. The molecule has 0 spiro atoms. The van der Waals surface area contributed by atoms with Gasteiger partial charge in [0.2, 0.25) is 6.54 Å². The Labute approximate surface area is 93.6 Å². The Morgan fingerprint density at radius 2 is 2.13 bits per heavy atom. The summed E-state index contributed by atoms with van der Waals surface area (Å²) in [6.07, 6.45) is 3.63. The van der Waals surface area contributed by atoms with Gasteiger partial charge in [-0.15, -0.1) is 0 Å². The molecular formula is C11H9ClN2O. The molecular weight excluding hydrogens is 212 g/mol. The lowest BCUT2D eigenvalue weighted by Gasteiger charge is -1.98. The van der Waals surface area contributed by atoms with Gasteiger partial charge in [0.1, 0.15) is 11.8 Å². The highest BCUT2D eigenvalue weighted by Gasteiger charge is 2.04. The van der Waals surface area contributed by atoms with E-state index < -0.39 is 0 Å². The van der Waals surface area contributed by atoms with E-state index in [0.717, 1.165) is 10.8 Å². The largest absolute Gasteiger partial charge is 1.00 e. The second kappa shape index (κ2) is 4.63. The van der Waals surface area contributed by atoms with Crippen LogP contribution in [0.5, 0.6) is 5.75 Å². The number of aromatic nitrogens is 1. The van der Waals surface area contributed by atoms with Gasteiger partial charge in [-0.1, -0.05) is 6.07 Å². The fraction of sp³-hybridized carbons (Fsp3) is 0.0909. The molecule has 4 heteroatoms. The molecule has 0 saturated heterocycles. The summed E-state index contributed by atoms with van der Waals surface area (Å²) in [4.78, 5) is 0. The third kappa shape index (κ3) is 2.17. The van der Waals surface area contributed by atoms with Gasteiger partial charge in [-0.2, -0.15) is 9.83 Å². The number of benzene rings is 1. The van der Waals surface area contributed by atoms with E-state index in [9.17, 15) is 5.11 Å². The monoisotopic (exact) mass is 220 g/mol. The van der Waals surface area contributed by atoms with Crippen LogP contribution in [0, 0.1) is 11.3 Å². The Hall–Kier alpha value is -1.79. The first-order chi connectivity index (χ1) is 6.81. The van der Waals surface area contributed by atoms with Gasteiger partial charge in [-0.05, 0) is 12.1 Å². The van der Waals surface area contributed by atoms with Gasteiger partial charge in [-0.25, -0.2) is 0 Å². The zero-order chi connectivity index (χ0) is 9.97. The molecule has 0 atom stereocenters. The average Bonchev–Trinajstić information content (AvgIpc) is 2.18. The number of pyridine rings is 1. The number of phenols is 1. The average molecular weight is 221 g/mol. The molecule has 1 aromatic heterocycles. The van der Waals surface area contributed by atoms with Crippen molar-refractivity contribution in [1.82, 2.24) is 0 Å². The summed E-state index contributed by atoms with van der Waals surface area (Å²) in [5.41, 5.74) is 0. The number of phenolic OH excluding ortho intramolecular Hbond substituents is 1. The standard InChI is InChI=1S/C11H8N2O.ClH/c12-5-7-13-6-4-10-9(8-13)2-1-3-11(10)14;/h1-4,6,8H,7H2;1H. The molecule has 0 amide bonds. The third-order valence-corrected chi connectivity index (χ3v) is 2.11. The van der Waals surface area contributed by atoms with E-state index in [1.54, 1.807) is 22.9 Å². The van der Waals surface area contributed by atoms with Gasteiger partial charge in [0.05, 0.1) is 0 Å². The Morgan fingerprint density at radius 1 is 1.33 bits per heavy atom. The fourth-order valence-corrected chi connectivity index (χ4v) is 1.44. The van der Waals surface area contributed by atoms with E-state index in [4.69, 9.17) is 5.26 Å². The molecule has 2 rings (SSSR count). The molecule has 2 aromatic rings. The molecule has 0 saturated carbocycles. The second-order valence-electron chi connectivity index (χ2n) is 3.06. The Balaban J connectivity index is 0.00000112. The maximum Gasteiger partial charge on any atom is 0.233 e. The first-order valence-electron chi connectivity index (χ1n) is 4.29. The Morgan fingerprint density at radius 3 is 2.87 bits per heavy atom. The molecule has 0 aliphatic heterocycles. The normalized spacial score (nSPS) is 9.27. The quantitative estimate of drug-likeness (QED) is 0.587. The zero-order valence-corrected chi connectivity index (χ0v) is 8.65. The van der Waals surface area contributed by atoms with Gasteiger partial charge in [-0.3, -0.25) is 0 Å². The molecule has 0 radical (unpaired) electrons. The Bertz CT molecular complexity index is 519. The predicted molar refractivity (Wildman–Crippen MR) is 51.4 cm³/mol. The minimum Gasteiger partial charge on any atom is -1.00 e. The second-order valence-corrected chi connectivity index (χ2v) is 3.06. The van der Waals surface area contributed by atoms with Crippen molar-refractivity contribution in [3.63, 3.8) is 0 Å². The molecule has 0 aliphatic rings. The van der Waals surface area contributed by atoms with Crippen molar-refractivity contribution in [3.05, 3.63) is 36.7 Å². The summed E-state index contributed by atoms with van der Waals surface area (Å²) < 4.78 is 1.78. The van der Waals surface area contributed by atoms with E-state index >= 15 is 0 Å². The van der Waals surface area contributed by atoms with Crippen molar-refractivity contribution in [2.75, 3.05) is 0 Å². The van der Waals surface area contributed by atoms with Crippen molar-refractivity contribution >= 4 is 10.8 Å². The van der Waals surface area contributed by atoms with Crippen LogP contribution in [0.4, 0.5) is 0 Å². The van der Waals surface area contributed by atoms with Gasteiger partial charge in [0.25, 0.3) is 0 Å². The lowest BCUT2D eigenvalue weighted by molar-refractivity contribution is -0.683. The molecule has 0 bridgehead atoms.